The third kappa shape index (κ3) is 2.27. The minimum Gasteiger partial charge on any atom is -0.477 e. The number of halogens is 1. The van der Waals surface area contributed by atoms with Gasteiger partial charge in [0.15, 0.2) is 0 Å². The first-order valence-electron chi connectivity index (χ1n) is 5.63. The molecule has 1 aromatic carbocycles. The number of carboxylic acid groups (broad SMARTS) is 1. The van der Waals surface area contributed by atoms with E-state index in [9.17, 15) is 14.3 Å². The van der Waals surface area contributed by atoms with Crippen molar-refractivity contribution in [2.45, 2.75) is 20.4 Å². The van der Waals surface area contributed by atoms with E-state index in [0.29, 0.717) is 6.54 Å². The highest BCUT2D eigenvalue weighted by Crippen LogP contribution is 2.17. The minimum absolute atomic E-state index is 0.261. The fourth-order valence-corrected chi connectivity index (χ4v) is 2.15. The molecule has 0 aliphatic carbocycles. The molecular weight excluding hydrogens is 233 g/mol. The molecule has 0 saturated carbocycles. The highest BCUT2D eigenvalue weighted by molar-refractivity contribution is 5.88. The van der Waals surface area contributed by atoms with Crippen LogP contribution in [0, 0.1) is 19.7 Å². The molecule has 3 nitrogen and oxygen atoms in total. The lowest BCUT2D eigenvalue weighted by Gasteiger charge is -2.10. The molecule has 1 N–H and O–H groups in total. The number of nitrogens with zero attached hydrogens (tertiary/aromatic N) is 1. The number of hydrogen-bond donors (Lipinski definition) is 1. The van der Waals surface area contributed by atoms with E-state index in [1.54, 1.807) is 23.6 Å². The fourth-order valence-electron chi connectivity index (χ4n) is 2.15. The molecule has 0 saturated heterocycles. The number of rotatable bonds is 3. The van der Waals surface area contributed by atoms with Crippen molar-refractivity contribution >= 4 is 5.97 Å². The summed E-state index contributed by atoms with van der Waals surface area (Å²) in [5, 5.41) is 9.20. The molecule has 18 heavy (non-hydrogen) atoms. The summed E-state index contributed by atoms with van der Waals surface area (Å²) >= 11 is 0. The van der Waals surface area contributed by atoms with Gasteiger partial charge in [-0.1, -0.05) is 12.1 Å². The van der Waals surface area contributed by atoms with E-state index in [1.807, 2.05) is 13.0 Å². The third-order valence-electron chi connectivity index (χ3n) is 2.93. The van der Waals surface area contributed by atoms with Crippen LogP contribution in [0.2, 0.25) is 0 Å². The maximum Gasteiger partial charge on any atom is 0.352 e. The van der Waals surface area contributed by atoms with Crippen molar-refractivity contribution in [2.75, 3.05) is 0 Å². The molecular formula is C14H14FNO2. The molecule has 2 rings (SSSR count). The summed E-state index contributed by atoms with van der Waals surface area (Å²) in [7, 11) is 0. The number of benzene rings is 1. The van der Waals surface area contributed by atoms with Gasteiger partial charge in [-0.15, -0.1) is 0 Å². The van der Waals surface area contributed by atoms with Crippen LogP contribution in [-0.2, 0) is 6.54 Å². The summed E-state index contributed by atoms with van der Waals surface area (Å²) in [5.41, 5.74) is 2.58. The number of carbonyl (C=O) groups is 1. The Kier molecular flexibility index (Phi) is 3.19. The minimum atomic E-state index is -0.961. The van der Waals surface area contributed by atoms with Crippen LogP contribution in [0.3, 0.4) is 0 Å². The van der Waals surface area contributed by atoms with Crippen LogP contribution >= 0.6 is 0 Å². The average Bonchev–Trinajstić information content (AvgIpc) is 2.53. The highest BCUT2D eigenvalue weighted by Gasteiger charge is 2.16. The Bertz CT molecular complexity index is 602. The molecule has 0 atom stereocenters. The van der Waals surface area contributed by atoms with Gasteiger partial charge in [0.1, 0.15) is 11.5 Å². The van der Waals surface area contributed by atoms with E-state index in [0.717, 1.165) is 16.8 Å². The van der Waals surface area contributed by atoms with E-state index in [-0.39, 0.29) is 11.5 Å². The van der Waals surface area contributed by atoms with Crippen molar-refractivity contribution < 1.29 is 14.3 Å². The summed E-state index contributed by atoms with van der Waals surface area (Å²) in [6.07, 6.45) is 0. The molecule has 0 bridgehead atoms. The predicted molar refractivity (Wildman–Crippen MR) is 66.4 cm³/mol. The van der Waals surface area contributed by atoms with Crippen molar-refractivity contribution in [3.05, 3.63) is 58.7 Å². The molecule has 0 aliphatic heterocycles. The van der Waals surface area contributed by atoms with Crippen LogP contribution in [0.4, 0.5) is 4.39 Å². The summed E-state index contributed by atoms with van der Waals surface area (Å²) in [4.78, 5) is 11.2. The number of carboxylic acids is 1. The van der Waals surface area contributed by atoms with Gasteiger partial charge >= 0.3 is 5.97 Å². The van der Waals surface area contributed by atoms with Crippen LogP contribution < -0.4 is 0 Å². The Balaban J connectivity index is 2.43. The second-order valence-corrected chi connectivity index (χ2v) is 4.34. The molecule has 1 aromatic heterocycles. The van der Waals surface area contributed by atoms with Crippen LogP contribution in [-0.4, -0.2) is 15.6 Å². The van der Waals surface area contributed by atoms with Crippen LogP contribution in [0.1, 0.15) is 27.3 Å². The molecule has 0 amide bonds. The lowest BCUT2D eigenvalue weighted by Crippen LogP contribution is -2.12. The van der Waals surface area contributed by atoms with Crippen molar-refractivity contribution in [3.8, 4) is 0 Å². The van der Waals surface area contributed by atoms with Crippen molar-refractivity contribution in [1.82, 2.24) is 4.57 Å². The number of aromatic nitrogens is 1. The van der Waals surface area contributed by atoms with E-state index in [1.165, 1.54) is 12.1 Å². The van der Waals surface area contributed by atoms with Crippen LogP contribution in [0.5, 0.6) is 0 Å². The van der Waals surface area contributed by atoms with E-state index in [4.69, 9.17) is 0 Å². The lowest BCUT2D eigenvalue weighted by molar-refractivity contribution is 0.0684. The first-order chi connectivity index (χ1) is 8.49. The topological polar surface area (TPSA) is 42.2 Å². The zero-order valence-electron chi connectivity index (χ0n) is 10.3. The zero-order chi connectivity index (χ0) is 13.3. The zero-order valence-corrected chi connectivity index (χ0v) is 10.3. The fraction of sp³-hybridized carbons (Fsp3) is 0.214. The number of hydrogen-bond acceptors (Lipinski definition) is 1. The van der Waals surface area contributed by atoms with Gasteiger partial charge in [-0.3, -0.25) is 0 Å². The summed E-state index contributed by atoms with van der Waals surface area (Å²) in [5.74, 6) is -1.28. The maximum absolute atomic E-state index is 13.1. The monoisotopic (exact) mass is 247 g/mol. The lowest BCUT2D eigenvalue weighted by atomic mass is 10.2. The number of aromatic carboxylic acids is 1. The average molecular weight is 247 g/mol. The molecule has 4 heteroatoms. The van der Waals surface area contributed by atoms with Crippen LogP contribution in [0.15, 0.2) is 30.3 Å². The van der Waals surface area contributed by atoms with Crippen LogP contribution in [0.25, 0.3) is 0 Å². The van der Waals surface area contributed by atoms with Gasteiger partial charge in [-0.25, -0.2) is 9.18 Å². The van der Waals surface area contributed by atoms with Gasteiger partial charge in [0.25, 0.3) is 0 Å². The Morgan fingerprint density at radius 2 is 2.06 bits per heavy atom. The summed E-state index contributed by atoms with van der Waals surface area (Å²) in [6.45, 7) is 3.97. The number of aryl methyl sites for hydroxylation is 2. The molecule has 94 valence electrons. The van der Waals surface area contributed by atoms with E-state index >= 15 is 0 Å². The maximum atomic E-state index is 13.1. The molecule has 2 aromatic rings. The smallest absolute Gasteiger partial charge is 0.352 e. The van der Waals surface area contributed by atoms with Gasteiger partial charge in [-0.2, -0.15) is 0 Å². The molecule has 0 aliphatic rings. The normalized spacial score (nSPS) is 10.6. The van der Waals surface area contributed by atoms with Crippen molar-refractivity contribution in [3.63, 3.8) is 0 Å². The van der Waals surface area contributed by atoms with Crippen molar-refractivity contribution in [1.29, 1.82) is 0 Å². The van der Waals surface area contributed by atoms with Gasteiger partial charge in [0.05, 0.1) is 0 Å². The molecule has 0 unspecified atom stereocenters. The van der Waals surface area contributed by atoms with Crippen molar-refractivity contribution in [2.24, 2.45) is 0 Å². The van der Waals surface area contributed by atoms with Gasteiger partial charge in [-0.05, 0) is 43.2 Å². The Labute approximate surface area is 104 Å². The molecule has 1 heterocycles. The second kappa shape index (κ2) is 4.64. The standard InChI is InChI=1S/C14H14FNO2/c1-9-6-10(2)16(13(9)14(17)18)8-11-4-3-5-12(15)7-11/h3-7H,8H2,1-2H3,(H,17,18). The Morgan fingerprint density at radius 1 is 1.33 bits per heavy atom. The Hall–Kier alpha value is -2.10. The van der Waals surface area contributed by atoms with Gasteiger partial charge in [0.2, 0.25) is 0 Å². The molecule has 0 fully saturated rings. The second-order valence-electron chi connectivity index (χ2n) is 4.34. The predicted octanol–water partition coefficient (Wildman–Crippen LogP) is 2.99. The third-order valence-corrected chi connectivity index (χ3v) is 2.93. The first kappa shape index (κ1) is 12.4. The largest absolute Gasteiger partial charge is 0.477 e. The van der Waals surface area contributed by atoms with E-state index in [2.05, 4.69) is 0 Å². The van der Waals surface area contributed by atoms with Gasteiger partial charge < -0.3 is 9.67 Å². The highest BCUT2D eigenvalue weighted by atomic mass is 19.1. The Morgan fingerprint density at radius 3 is 2.67 bits per heavy atom. The van der Waals surface area contributed by atoms with Gasteiger partial charge in [0, 0.05) is 12.2 Å². The first-order valence-corrected chi connectivity index (χ1v) is 5.63. The quantitative estimate of drug-likeness (QED) is 0.906. The summed E-state index contributed by atoms with van der Waals surface area (Å²) in [6, 6.07) is 8.01. The SMILES string of the molecule is Cc1cc(C)n(Cc2cccc(F)c2)c1C(=O)O. The molecule has 0 radical (unpaired) electrons. The molecule has 0 spiro atoms. The summed E-state index contributed by atoms with van der Waals surface area (Å²) < 4.78 is 14.8. The van der Waals surface area contributed by atoms with E-state index < -0.39 is 5.97 Å².